The predicted octanol–water partition coefficient (Wildman–Crippen LogP) is 0.250. The maximum Gasteiger partial charge on any atom is 0.249 e. The fraction of sp³-hybridized carbons (Fsp3) is 0.200. The second-order valence-electron chi connectivity index (χ2n) is 1.28. The Balaban J connectivity index is 3.89. The Labute approximate surface area is 55.1 Å². The van der Waals surface area contributed by atoms with Crippen LogP contribution in [-0.4, -0.2) is 15.0 Å². The van der Waals surface area contributed by atoms with Crippen molar-refractivity contribution in [2.75, 3.05) is 6.54 Å². The molecule has 0 atom stereocenters. The molecule has 0 heterocycles. The van der Waals surface area contributed by atoms with Gasteiger partial charge in [0.15, 0.2) is 0 Å². The molecule has 1 radical (unpaired) electrons. The number of hydrogen-bond acceptors (Lipinski definition) is 2. The Kier molecular flexibility index (Phi) is 3.19. The summed E-state index contributed by atoms with van der Waals surface area (Å²) in [6, 6.07) is 0. The van der Waals surface area contributed by atoms with Crippen LogP contribution in [0.2, 0.25) is 0 Å². The van der Waals surface area contributed by atoms with E-state index in [9.17, 15) is 8.42 Å². The van der Waals surface area contributed by atoms with Crippen molar-refractivity contribution in [3.8, 4) is 0 Å². The fourth-order valence-electron chi connectivity index (χ4n) is 0.209. The molecule has 0 saturated heterocycles. The minimum Gasteiger partial charge on any atom is -0.206 e. The Morgan fingerprint density at radius 3 is 2.33 bits per heavy atom. The van der Waals surface area contributed by atoms with Gasteiger partial charge in [-0.3, -0.25) is 0 Å². The summed E-state index contributed by atoms with van der Waals surface area (Å²) in [7, 11) is -3.36. The first-order valence-electron chi connectivity index (χ1n) is 2.29. The number of sulfonamides is 1. The van der Waals surface area contributed by atoms with Crippen LogP contribution in [0.1, 0.15) is 0 Å². The highest BCUT2D eigenvalue weighted by Gasteiger charge is 2.00. The van der Waals surface area contributed by atoms with Crippen LogP contribution in [0.4, 0.5) is 0 Å². The Bertz CT molecular complexity index is 193. The van der Waals surface area contributed by atoms with Crippen molar-refractivity contribution >= 4 is 10.0 Å². The second-order valence-corrected chi connectivity index (χ2v) is 2.90. The highest BCUT2D eigenvalue weighted by Crippen LogP contribution is 1.84. The molecule has 0 amide bonds. The topological polar surface area (TPSA) is 48.2 Å². The summed E-state index contributed by atoms with van der Waals surface area (Å²) in [5, 5.41) is 0.802. The van der Waals surface area contributed by atoms with Gasteiger partial charge in [0.05, 0.1) is 0 Å². The van der Waals surface area contributed by atoms with Gasteiger partial charge in [0.2, 0.25) is 10.0 Å². The highest BCUT2D eigenvalue weighted by molar-refractivity contribution is 7.92. The fourth-order valence-corrected chi connectivity index (χ4v) is 0.628. The molecule has 0 saturated carbocycles. The van der Waals surface area contributed by atoms with Crippen molar-refractivity contribution < 1.29 is 8.42 Å². The van der Waals surface area contributed by atoms with Gasteiger partial charge in [-0.15, -0.1) is 11.3 Å². The van der Waals surface area contributed by atoms with Crippen LogP contribution in [0, 0.1) is 0 Å². The summed E-state index contributed by atoms with van der Waals surface area (Å²) in [6.07, 6.45) is 1.40. The Morgan fingerprint density at radius 2 is 2.00 bits per heavy atom. The lowest BCUT2D eigenvalue weighted by molar-refractivity contribution is 0.593. The standard InChI is InChI=1S/C5H8NO2S/c1-3-5-6-9(7,8)4-2/h3-4H,1-2,5H2. The minimum absolute atomic E-state index is 0.119. The molecule has 0 N–H and O–H groups in total. The molecule has 0 aromatic carbocycles. The largest absolute Gasteiger partial charge is 0.249 e. The number of rotatable bonds is 4. The summed E-state index contributed by atoms with van der Waals surface area (Å²) in [6.45, 7) is 6.49. The van der Waals surface area contributed by atoms with E-state index in [0.717, 1.165) is 5.41 Å². The van der Waals surface area contributed by atoms with Gasteiger partial charge >= 0.3 is 0 Å². The van der Waals surface area contributed by atoms with Gasteiger partial charge in [-0.25, -0.2) is 8.42 Å². The molecule has 0 aliphatic carbocycles. The lowest BCUT2D eigenvalue weighted by Crippen LogP contribution is -2.12. The van der Waals surface area contributed by atoms with Gasteiger partial charge in [0.1, 0.15) is 0 Å². The third-order valence-corrected chi connectivity index (χ3v) is 1.52. The number of nitrogens with zero attached hydrogens (tertiary/aromatic N) is 1. The molecule has 0 aliphatic heterocycles. The SMILES string of the molecule is C=CC[N]S(=O)(=O)C=C. The Morgan fingerprint density at radius 1 is 1.44 bits per heavy atom. The molecule has 4 heteroatoms. The zero-order chi connectivity index (χ0) is 7.33. The lowest BCUT2D eigenvalue weighted by Gasteiger charge is -1.91. The molecule has 0 aliphatic rings. The van der Waals surface area contributed by atoms with Crippen molar-refractivity contribution in [1.82, 2.24) is 4.72 Å². The zero-order valence-electron chi connectivity index (χ0n) is 4.95. The highest BCUT2D eigenvalue weighted by atomic mass is 32.2. The van der Waals surface area contributed by atoms with Crippen molar-refractivity contribution in [3.63, 3.8) is 0 Å². The van der Waals surface area contributed by atoms with E-state index in [2.05, 4.69) is 17.9 Å². The molecule has 51 valence electrons. The summed E-state index contributed by atoms with van der Waals surface area (Å²) >= 11 is 0. The van der Waals surface area contributed by atoms with E-state index in [4.69, 9.17) is 0 Å². The van der Waals surface area contributed by atoms with E-state index in [1.54, 1.807) is 0 Å². The molecule has 9 heavy (non-hydrogen) atoms. The molecule has 0 fully saturated rings. The molecule has 0 spiro atoms. The average molecular weight is 146 g/mol. The smallest absolute Gasteiger partial charge is 0.206 e. The van der Waals surface area contributed by atoms with Crippen molar-refractivity contribution in [1.29, 1.82) is 0 Å². The van der Waals surface area contributed by atoms with Crippen LogP contribution in [-0.2, 0) is 10.0 Å². The van der Waals surface area contributed by atoms with Gasteiger partial charge in [0, 0.05) is 12.0 Å². The molecular formula is C5H8NO2S. The second kappa shape index (κ2) is 3.42. The van der Waals surface area contributed by atoms with Crippen LogP contribution >= 0.6 is 0 Å². The van der Waals surface area contributed by atoms with Crippen molar-refractivity contribution in [3.05, 3.63) is 24.6 Å². The van der Waals surface area contributed by atoms with Gasteiger partial charge in [-0.2, -0.15) is 0 Å². The molecule has 0 aromatic heterocycles. The van der Waals surface area contributed by atoms with E-state index in [0.29, 0.717) is 0 Å². The van der Waals surface area contributed by atoms with Crippen LogP contribution in [0.25, 0.3) is 0 Å². The first-order valence-corrected chi connectivity index (χ1v) is 3.80. The summed E-state index contributed by atoms with van der Waals surface area (Å²) in [5.41, 5.74) is 0. The molecule has 0 bridgehead atoms. The van der Waals surface area contributed by atoms with Gasteiger partial charge in [-0.1, -0.05) is 12.7 Å². The van der Waals surface area contributed by atoms with Crippen LogP contribution < -0.4 is 4.72 Å². The van der Waals surface area contributed by atoms with Crippen molar-refractivity contribution in [2.45, 2.75) is 0 Å². The molecule has 0 aromatic rings. The first kappa shape index (κ1) is 8.39. The Hall–Kier alpha value is -0.610. The van der Waals surface area contributed by atoms with Crippen LogP contribution in [0.15, 0.2) is 24.6 Å². The maximum atomic E-state index is 10.4. The van der Waals surface area contributed by atoms with Crippen LogP contribution in [0.3, 0.4) is 0 Å². The van der Waals surface area contributed by atoms with E-state index in [-0.39, 0.29) is 6.54 Å². The van der Waals surface area contributed by atoms with E-state index >= 15 is 0 Å². The molecule has 3 nitrogen and oxygen atoms in total. The van der Waals surface area contributed by atoms with Gasteiger partial charge in [-0.05, 0) is 0 Å². The van der Waals surface area contributed by atoms with E-state index < -0.39 is 10.0 Å². The van der Waals surface area contributed by atoms with Crippen molar-refractivity contribution in [2.24, 2.45) is 0 Å². The average Bonchev–Trinajstić information content (AvgIpc) is 1.84. The monoisotopic (exact) mass is 146 g/mol. The van der Waals surface area contributed by atoms with Gasteiger partial charge in [0.25, 0.3) is 0 Å². The van der Waals surface area contributed by atoms with Crippen LogP contribution in [0.5, 0.6) is 0 Å². The third-order valence-electron chi connectivity index (χ3n) is 0.594. The summed E-state index contributed by atoms with van der Waals surface area (Å²) in [5.74, 6) is 0. The van der Waals surface area contributed by atoms with E-state index in [1.807, 2.05) is 0 Å². The van der Waals surface area contributed by atoms with Gasteiger partial charge < -0.3 is 0 Å². The van der Waals surface area contributed by atoms with E-state index in [1.165, 1.54) is 6.08 Å². The molecule has 0 rings (SSSR count). The summed E-state index contributed by atoms with van der Waals surface area (Å²) in [4.78, 5) is 0. The zero-order valence-corrected chi connectivity index (χ0v) is 5.76. The normalized spacial score (nSPS) is 10.7. The lowest BCUT2D eigenvalue weighted by atomic mass is 10.7. The maximum absolute atomic E-state index is 10.4. The molecule has 0 unspecified atom stereocenters. The third kappa shape index (κ3) is 3.93. The molecular weight excluding hydrogens is 138 g/mol. The first-order chi connectivity index (χ1) is 4.12. The minimum atomic E-state index is -3.36. The number of hydrogen-bond donors (Lipinski definition) is 0. The quantitative estimate of drug-likeness (QED) is 0.534. The summed E-state index contributed by atoms with van der Waals surface area (Å²) < 4.78 is 24.1. The predicted molar refractivity (Wildman–Crippen MR) is 36.3 cm³/mol.